The second kappa shape index (κ2) is 7.24. The van der Waals surface area contributed by atoms with Gasteiger partial charge < -0.3 is 15.3 Å². The van der Waals surface area contributed by atoms with Crippen molar-refractivity contribution in [3.63, 3.8) is 0 Å². The van der Waals surface area contributed by atoms with E-state index in [0.717, 1.165) is 23.8 Å². The van der Waals surface area contributed by atoms with Gasteiger partial charge in [0.1, 0.15) is 11.5 Å². The number of aliphatic hydroxyl groups is 1. The third-order valence-electron chi connectivity index (χ3n) is 3.29. The van der Waals surface area contributed by atoms with E-state index >= 15 is 0 Å². The van der Waals surface area contributed by atoms with Crippen molar-refractivity contribution < 1.29 is 24.9 Å². The van der Waals surface area contributed by atoms with Crippen LogP contribution in [0.2, 0.25) is 0 Å². The molecule has 0 heterocycles. The van der Waals surface area contributed by atoms with Gasteiger partial charge in [-0.15, -0.1) is 0 Å². The van der Waals surface area contributed by atoms with Crippen LogP contribution < -0.4 is 0 Å². The van der Waals surface area contributed by atoms with Crippen molar-refractivity contribution >= 4 is 41.1 Å². The summed E-state index contributed by atoms with van der Waals surface area (Å²) in [5, 5.41) is 29.5. The van der Waals surface area contributed by atoms with Gasteiger partial charge in [-0.3, -0.25) is 9.59 Å². The van der Waals surface area contributed by atoms with Crippen molar-refractivity contribution in [2.24, 2.45) is 0 Å². The molecule has 22 heavy (non-hydrogen) atoms. The van der Waals surface area contributed by atoms with Gasteiger partial charge in [0.15, 0.2) is 11.6 Å². The molecule has 0 fully saturated rings. The maximum absolute atomic E-state index is 12.3. The Balaban J connectivity index is 0.00000242. The summed E-state index contributed by atoms with van der Waals surface area (Å²) in [6.07, 6.45) is 1.84. The zero-order valence-electron chi connectivity index (χ0n) is 11.8. The summed E-state index contributed by atoms with van der Waals surface area (Å²) in [5.74, 6) is -2.01. The van der Waals surface area contributed by atoms with Gasteiger partial charge in [0, 0.05) is 5.57 Å². The van der Waals surface area contributed by atoms with Crippen molar-refractivity contribution in [2.45, 2.75) is 26.4 Å². The van der Waals surface area contributed by atoms with Crippen LogP contribution >= 0.6 is 0 Å². The molecule has 3 N–H and O–H groups in total. The maximum atomic E-state index is 12.3. The van der Waals surface area contributed by atoms with E-state index in [0.29, 0.717) is 0 Å². The molecule has 1 aliphatic rings. The molecule has 0 aromatic heterocycles. The average Bonchev–Trinajstić information content (AvgIpc) is 2.42. The van der Waals surface area contributed by atoms with Crippen LogP contribution in [0.25, 0.3) is 0 Å². The number of carbonyl (C=O) groups excluding carboxylic acids is 2. The van der Waals surface area contributed by atoms with Crippen molar-refractivity contribution in [2.75, 3.05) is 0 Å². The summed E-state index contributed by atoms with van der Waals surface area (Å²) in [5.41, 5.74) is 0.419. The molecule has 1 atom stereocenters. The van der Waals surface area contributed by atoms with E-state index in [1.165, 1.54) is 0 Å². The number of phenols is 2. The molecule has 2 rings (SSSR count). The van der Waals surface area contributed by atoms with Crippen LogP contribution in [0.1, 0.15) is 41.0 Å². The molecule has 5 nitrogen and oxygen atoms in total. The van der Waals surface area contributed by atoms with E-state index < -0.39 is 17.7 Å². The van der Waals surface area contributed by atoms with Gasteiger partial charge in [0.2, 0.25) is 0 Å². The average molecular weight is 312 g/mol. The van der Waals surface area contributed by atoms with E-state index in [1.807, 2.05) is 13.8 Å². The van der Waals surface area contributed by atoms with Crippen LogP contribution in [0, 0.1) is 0 Å². The minimum absolute atomic E-state index is 0. The predicted molar refractivity (Wildman–Crippen MR) is 83.7 cm³/mol. The second-order valence-electron chi connectivity index (χ2n) is 5.18. The van der Waals surface area contributed by atoms with E-state index in [4.69, 9.17) is 0 Å². The Hall–Kier alpha value is -1.40. The van der Waals surface area contributed by atoms with E-state index in [9.17, 15) is 24.9 Å². The zero-order valence-corrected chi connectivity index (χ0v) is 11.8. The number of hydrogen-bond acceptors (Lipinski definition) is 5. The molecule has 0 aliphatic heterocycles. The number of rotatable bonds is 3. The summed E-state index contributed by atoms with van der Waals surface area (Å²) in [6, 6.07) is 2.29. The summed E-state index contributed by atoms with van der Waals surface area (Å²) < 4.78 is 0. The number of benzene rings is 1. The molecule has 0 saturated heterocycles. The minimum atomic E-state index is -1.13. The van der Waals surface area contributed by atoms with E-state index in [2.05, 4.69) is 0 Å². The van der Waals surface area contributed by atoms with Gasteiger partial charge in [-0.25, -0.2) is 0 Å². The number of carbonyl (C=O) groups is 2. The summed E-state index contributed by atoms with van der Waals surface area (Å²) in [7, 11) is 0. The van der Waals surface area contributed by atoms with Gasteiger partial charge in [-0.05, 0) is 38.5 Å². The first-order chi connectivity index (χ1) is 9.82. The van der Waals surface area contributed by atoms with Crippen LogP contribution in [-0.2, 0) is 0 Å². The standard InChI is InChI=1S/C16H16O5.Na.H/c1-8(2)3-4-10(17)9-7-13(20)14-11(18)5-6-12(19)15(14)16(9)21;;/h3,5-7,10,17-19H,4H2,1-2H3;;. The van der Waals surface area contributed by atoms with E-state index in [-0.39, 0.29) is 64.2 Å². The summed E-state index contributed by atoms with van der Waals surface area (Å²) in [6.45, 7) is 3.71. The van der Waals surface area contributed by atoms with Crippen LogP contribution in [0.15, 0.2) is 35.4 Å². The molecule has 6 heteroatoms. The first kappa shape index (κ1) is 18.6. The molecular weight excluding hydrogens is 295 g/mol. The third-order valence-corrected chi connectivity index (χ3v) is 3.29. The second-order valence-corrected chi connectivity index (χ2v) is 5.18. The molecule has 1 aromatic carbocycles. The molecule has 112 valence electrons. The number of allylic oxidation sites excluding steroid dienone is 2. The molecular formula is C16H17NaO5. The number of Topliss-reactive ketones (excluding diaryl/α,β-unsaturated/α-hetero) is 1. The van der Waals surface area contributed by atoms with Crippen LogP contribution in [0.4, 0.5) is 0 Å². The summed E-state index contributed by atoms with van der Waals surface area (Å²) >= 11 is 0. The predicted octanol–water partition coefficient (Wildman–Crippen LogP) is 1.47. The SMILES string of the molecule is CC(C)=CCC(O)C1=CC(=O)c2c(O)ccc(O)c2C1=O.[NaH]. The van der Waals surface area contributed by atoms with Crippen molar-refractivity contribution in [1.29, 1.82) is 0 Å². The third kappa shape index (κ3) is 3.50. The number of fused-ring (bicyclic) bond motifs is 1. The Labute approximate surface area is 150 Å². The molecule has 0 radical (unpaired) electrons. The summed E-state index contributed by atoms with van der Waals surface area (Å²) in [4.78, 5) is 24.4. The van der Waals surface area contributed by atoms with Crippen molar-refractivity contribution in [3.8, 4) is 11.5 Å². The molecule has 0 bridgehead atoms. The van der Waals surface area contributed by atoms with Gasteiger partial charge in [-0.1, -0.05) is 11.6 Å². The quantitative estimate of drug-likeness (QED) is 0.446. The molecule has 1 aliphatic carbocycles. The fraction of sp³-hybridized carbons (Fsp3) is 0.250. The van der Waals surface area contributed by atoms with Gasteiger partial charge in [0.25, 0.3) is 0 Å². The number of hydrogen-bond donors (Lipinski definition) is 3. The Kier molecular flexibility index (Phi) is 6.14. The fourth-order valence-corrected chi connectivity index (χ4v) is 2.21. The Morgan fingerprint density at radius 2 is 1.68 bits per heavy atom. The number of aliphatic hydroxyl groups excluding tert-OH is 1. The van der Waals surface area contributed by atoms with Crippen molar-refractivity contribution in [3.05, 3.63) is 46.6 Å². The topological polar surface area (TPSA) is 94.8 Å². The van der Waals surface area contributed by atoms with Crippen LogP contribution in [0.3, 0.4) is 0 Å². The number of phenolic OH excluding ortho intramolecular Hbond substituents is 2. The van der Waals surface area contributed by atoms with Crippen LogP contribution in [-0.4, -0.2) is 62.5 Å². The number of ketones is 2. The molecule has 0 saturated carbocycles. The monoisotopic (exact) mass is 312 g/mol. The fourth-order valence-electron chi connectivity index (χ4n) is 2.21. The van der Waals surface area contributed by atoms with Gasteiger partial charge >= 0.3 is 29.6 Å². The molecule has 1 unspecified atom stereocenters. The molecule has 0 spiro atoms. The van der Waals surface area contributed by atoms with Crippen molar-refractivity contribution in [1.82, 2.24) is 0 Å². The molecule has 1 aromatic rings. The Morgan fingerprint density at radius 3 is 2.23 bits per heavy atom. The Bertz CT molecular complexity index is 684. The van der Waals surface area contributed by atoms with Crippen LogP contribution in [0.5, 0.6) is 11.5 Å². The number of aromatic hydroxyl groups is 2. The zero-order chi connectivity index (χ0) is 15.7. The van der Waals surface area contributed by atoms with Gasteiger partial charge in [0.05, 0.1) is 17.2 Å². The van der Waals surface area contributed by atoms with Gasteiger partial charge in [-0.2, -0.15) is 0 Å². The Morgan fingerprint density at radius 1 is 1.14 bits per heavy atom. The normalized spacial score (nSPS) is 14.6. The van der Waals surface area contributed by atoms with E-state index in [1.54, 1.807) is 6.08 Å². The first-order valence-electron chi connectivity index (χ1n) is 6.50. The molecule has 0 amide bonds. The first-order valence-corrected chi connectivity index (χ1v) is 6.50.